The zero-order valence-corrected chi connectivity index (χ0v) is 40.4. The van der Waals surface area contributed by atoms with E-state index in [1.54, 1.807) is 0 Å². The van der Waals surface area contributed by atoms with Crippen molar-refractivity contribution in [2.24, 2.45) is 0 Å². The number of benzene rings is 6. The summed E-state index contributed by atoms with van der Waals surface area (Å²) in [5.74, 6) is 2.34. The van der Waals surface area contributed by atoms with E-state index < -0.39 is 0 Å². The molecule has 6 aromatic rings. The maximum absolute atomic E-state index is 2.66. The second-order valence-electron chi connectivity index (χ2n) is 19.4. The molecule has 0 unspecified atom stereocenters. The van der Waals surface area contributed by atoms with Crippen molar-refractivity contribution in [1.29, 1.82) is 0 Å². The highest BCUT2D eigenvalue weighted by molar-refractivity contribution is 5.22. The maximum atomic E-state index is 2.66. The SMILES string of the molecule is c1ccc(CCCCN2CCC(c3ccccc3)CC2)cc1.c1ccc(CCCCN2CCC(c3ccccc3)CC2)cc1.c1ccc(CCCCN2CCC(c3ccccc3)CC2)cc1. The molecule has 348 valence electrons. The van der Waals surface area contributed by atoms with Crippen LogP contribution in [0.4, 0.5) is 0 Å². The molecule has 3 fully saturated rings. The van der Waals surface area contributed by atoms with Crippen LogP contribution in [0.5, 0.6) is 0 Å². The third-order valence-electron chi connectivity index (χ3n) is 14.7. The van der Waals surface area contributed by atoms with Crippen LogP contribution in [0, 0.1) is 0 Å². The first-order chi connectivity index (χ1) is 32.7. The Bertz CT molecular complexity index is 1820. The lowest BCUT2D eigenvalue weighted by molar-refractivity contribution is 0.209. The Labute approximate surface area is 401 Å². The van der Waals surface area contributed by atoms with Gasteiger partial charge in [0.05, 0.1) is 0 Å². The number of hydrogen-bond donors (Lipinski definition) is 0. The molecule has 66 heavy (non-hydrogen) atoms. The van der Waals surface area contributed by atoms with Gasteiger partial charge in [-0.15, -0.1) is 0 Å². The van der Waals surface area contributed by atoms with E-state index in [-0.39, 0.29) is 0 Å². The van der Waals surface area contributed by atoms with Gasteiger partial charge in [-0.25, -0.2) is 0 Å². The number of likely N-dealkylation sites (tertiary alicyclic amines) is 3. The summed E-state index contributed by atoms with van der Waals surface area (Å²) in [6.07, 6.45) is 19.5. The summed E-state index contributed by atoms with van der Waals surface area (Å²) in [7, 11) is 0. The van der Waals surface area contributed by atoms with Crippen molar-refractivity contribution in [2.45, 2.75) is 114 Å². The van der Waals surface area contributed by atoms with E-state index in [4.69, 9.17) is 0 Å². The van der Waals surface area contributed by atoms with Crippen molar-refractivity contribution in [1.82, 2.24) is 14.7 Å². The van der Waals surface area contributed by atoms with Crippen LogP contribution in [0.3, 0.4) is 0 Å². The van der Waals surface area contributed by atoms with E-state index >= 15 is 0 Å². The summed E-state index contributed by atoms with van der Waals surface area (Å²) in [5.41, 5.74) is 9.03. The lowest BCUT2D eigenvalue weighted by atomic mass is 9.89. The zero-order valence-electron chi connectivity index (χ0n) is 40.4. The smallest absolute Gasteiger partial charge is 0.00129 e. The molecule has 9 rings (SSSR count). The van der Waals surface area contributed by atoms with Crippen molar-refractivity contribution in [3.05, 3.63) is 215 Å². The molecule has 6 aromatic carbocycles. The Morgan fingerprint density at radius 2 is 0.470 bits per heavy atom. The summed E-state index contributed by atoms with van der Waals surface area (Å²) in [4.78, 5) is 7.97. The van der Waals surface area contributed by atoms with Crippen LogP contribution in [0.1, 0.15) is 128 Å². The molecule has 0 atom stereocenters. The fourth-order valence-corrected chi connectivity index (χ4v) is 10.6. The Balaban J connectivity index is 0.000000147. The maximum Gasteiger partial charge on any atom is -0.00129 e. The molecule has 0 spiro atoms. The van der Waals surface area contributed by atoms with Gasteiger partial charge in [0.25, 0.3) is 0 Å². The van der Waals surface area contributed by atoms with Crippen LogP contribution < -0.4 is 0 Å². The Morgan fingerprint density at radius 3 is 0.697 bits per heavy atom. The predicted octanol–water partition coefficient (Wildman–Crippen LogP) is 14.7. The predicted molar refractivity (Wildman–Crippen MR) is 283 cm³/mol. The quantitative estimate of drug-likeness (QED) is 0.0797. The molecule has 3 aliphatic heterocycles. The summed E-state index contributed by atoms with van der Waals surface area (Å²) in [5, 5.41) is 0. The molecule has 0 bridgehead atoms. The highest BCUT2D eigenvalue weighted by Crippen LogP contribution is 2.30. The lowest BCUT2D eigenvalue weighted by Crippen LogP contribution is -2.33. The van der Waals surface area contributed by atoms with E-state index in [0.717, 1.165) is 17.8 Å². The van der Waals surface area contributed by atoms with Crippen molar-refractivity contribution in [2.75, 3.05) is 58.9 Å². The Kier molecular flexibility index (Phi) is 21.6. The average Bonchev–Trinajstić information content (AvgIpc) is 3.40. The number of piperidine rings is 3. The van der Waals surface area contributed by atoms with Gasteiger partial charge in [-0.2, -0.15) is 0 Å². The Hall–Kier alpha value is -4.80. The topological polar surface area (TPSA) is 9.72 Å². The second-order valence-corrected chi connectivity index (χ2v) is 19.4. The van der Waals surface area contributed by atoms with E-state index in [1.165, 1.54) is 189 Å². The van der Waals surface area contributed by atoms with Gasteiger partial charge in [0.15, 0.2) is 0 Å². The fraction of sp³-hybridized carbons (Fsp3) is 0.429. The van der Waals surface area contributed by atoms with Gasteiger partial charge >= 0.3 is 0 Å². The molecule has 0 aromatic heterocycles. The monoisotopic (exact) mass is 880 g/mol. The van der Waals surface area contributed by atoms with Gasteiger partial charge in [-0.1, -0.05) is 182 Å². The molecule has 0 N–H and O–H groups in total. The number of rotatable bonds is 18. The van der Waals surface area contributed by atoms with E-state index in [9.17, 15) is 0 Å². The minimum Gasteiger partial charge on any atom is -0.303 e. The van der Waals surface area contributed by atoms with Gasteiger partial charge in [0, 0.05) is 0 Å². The van der Waals surface area contributed by atoms with Crippen molar-refractivity contribution in [3.63, 3.8) is 0 Å². The summed E-state index contributed by atoms with van der Waals surface area (Å²) >= 11 is 0. The minimum absolute atomic E-state index is 0.779. The van der Waals surface area contributed by atoms with Crippen molar-refractivity contribution >= 4 is 0 Å². The molecule has 3 nitrogen and oxygen atoms in total. The van der Waals surface area contributed by atoms with Crippen molar-refractivity contribution in [3.8, 4) is 0 Å². The molecule has 0 aliphatic carbocycles. The molecule has 0 amide bonds. The minimum atomic E-state index is 0.779. The first kappa shape index (κ1) is 49.1. The summed E-state index contributed by atoms with van der Waals surface area (Å²) in [6.45, 7) is 11.4. The van der Waals surface area contributed by atoms with Crippen LogP contribution in [0.15, 0.2) is 182 Å². The first-order valence-electron chi connectivity index (χ1n) is 26.2. The molecule has 3 heterocycles. The Morgan fingerprint density at radius 1 is 0.258 bits per heavy atom. The third-order valence-corrected chi connectivity index (χ3v) is 14.7. The van der Waals surface area contributed by atoms with Gasteiger partial charge < -0.3 is 14.7 Å². The molecule has 0 saturated carbocycles. The number of hydrogen-bond acceptors (Lipinski definition) is 3. The molecule has 3 aliphatic rings. The standard InChI is InChI=1S/3C21H27N/c3*1-3-9-19(10-4-1)11-7-8-16-22-17-14-21(15-18-22)20-12-5-2-6-13-20/h3*1-6,9-10,12-13,21H,7-8,11,14-18H2. The molecule has 3 heteroatoms. The van der Waals surface area contributed by atoms with E-state index in [2.05, 4.69) is 197 Å². The van der Waals surface area contributed by atoms with Gasteiger partial charge in [-0.05, 0) is 206 Å². The number of unbranched alkanes of at least 4 members (excludes halogenated alkanes) is 3. The fourth-order valence-electron chi connectivity index (χ4n) is 10.6. The highest BCUT2D eigenvalue weighted by Gasteiger charge is 2.22. The van der Waals surface area contributed by atoms with Crippen LogP contribution >= 0.6 is 0 Å². The normalized spacial score (nSPS) is 16.7. The molecule has 3 saturated heterocycles. The van der Waals surface area contributed by atoms with Gasteiger partial charge in [0.1, 0.15) is 0 Å². The largest absolute Gasteiger partial charge is 0.303 e. The molecule has 0 radical (unpaired) electrons. The van der Waals surface area contributed by atoms with E-state index in [0.29, 0.717) is 0 Å². The summed E-state index contributed by atoms with van der Waals surface area (Å²) in [6, 6.07) is 65.7. The number of aryl methyl sites for hydroxylation is 3. The lowest BCUT2D eigenvalue weighted by Gasteiger charge is -2.32. The van der Waals surface area contributed by atoms with Crippen LogP contribution in [0.2, 0.25) is 0 Å². The van der Waals surface area contributed by atoms with Crippen LogP contribution in [-0.2, 0) is 19.3 Å². The van der Waals surface area contributed by atoms with Gasteiger partial charge in [-0.3, -0.25) is 0 Å². The van der Waals surface area contributed by atoms with Gasteiger partial charge in [0.2, 0.25) is 0 Å². The highest BCUT2D eigenvalue weighted by atomic mass is 15.1. The second kappa shape index (κ2) is 29.1. The number of nitrogens with zero attached hydrogens (tertiary/aromatic N) is 3. The zero-order chi connectivity index (χ0) is 45.1. The third kappa shape index (κ3) is 17.8. The van der Waals surface area contributed by atoms with Crippen molar-refractivity contribution < 1.29 is 0 Å². The van der Waals surface area contributed by atoms with Crippen LogP contribution in [0.25, 0.3) is 0 Å². The molecular weight excluding hydrogens is 799 g/mol. The average molecular weight is 880 g/mol. The summed E-state index contributed by atoms with van der Waals surface area (Å²) < 4.78 is 0. The molecular formula is C63H81N3. The van der Waals surface area contributed by atoms with Crippen LogP contribution in [-0.4, -0.2) is 73.6 Å². The first-order valence-corrected chi connectivity index (χ1v) is 26.2. The van der Waals surface area contributed by atoms with E-state index in [1.807, 2.05) is 0 Å².